The van der Waals surface area contributed by atoms with Crippen LogP contribution < -0.4 is 0 Å². The molecule has 1 heterocycles. The van der Waals surface area contributed by atoms with E-state index < -0.39 is 0 Å². The number of hydrogen-bond donors (Lipinski definition) is 0. The van der Waals surface area contributed by atoms with Crippen molar-refractivity contribution in [3.63, 3.8) is 0 Å². The minimum Gasteiger partial charge on any atom is -0.289 e. The highest BCUT2D eigenvalue weighted by Gasteiger charge is 2.14. The molecular weight excluding hydrogens is 216 g/mol. The zero-order valence-electron chi connectivity index (χ0n) is 9.70. The van der Waals surface area contributed by atoms with E-state index in [0.717, 1.165) is 27.1 Å². The molecule has 2 heteroatoms. The molecule has 0 aliphatic rings. The number of hydrogen-bond acceptors (Lipinski definition) is 2. The zero-order valence-corrected chi connectivity index (χ0v) is 10.5. The zero-order chi connectivity index (χ0) is 11.7. The molecule has 82 valence electrons. The average Bonchev–Trinajstić information content (AvgIpc) is 2.67. The van der Waals surface area contributed by atoms with Crippen LogP contribution in [0.5, 0.6) is 0 Å². The molecule has 0 bridgehead atoms. The molecule has 2 aromatic rings. The van der Waals surface area contributed by atoms with Crippen molar-refractivity contribution in [3.05, 3.63) is 56.8 Å². The van der Waals surface area contributed by atoms with E-state index in [1.54, 1.807) is 11.3 Å². The normalized spacial score (nSPS) is 10.4. The van der Waals surface area contributed by atoms with Gasteiger partial charge in [0, 0.05) is 16.0 Å². The number of benzene rings is 1. The predicted octanol–water partition coefficient (Wildman–Crippen LogP) is 3.90. The van der Waals surface area contributed by atoms with Gasteiger partial charge in [-0.05, 0) is 43.8 Å². The Bertz CT molecular complexity index is 537. The Kier molecular flexibility index (Phi) is 2.92. The maximum atomic E-state index is 12.3. The van der Waals surface area contributed by atoms with Crippen LogP contribution in [0, 0.1) is 20.8 Å². The van der Waals surface area contributed by atoms with Crippen molar-refractivity contribution in [1.29, 1.82) is 0 Å². The van der Waals surface area contributed by atoms with Gasteiger partial charge in [0.05, 0.1) is 0 Å². The summed E-state index contributed by atoms with van der Waals surface area (Å²) in [7, 11) is 0. The van der Waals surface area contributed by atoms with Crippen molar-refractivity contribution in [1.82, 2.24) is 0 Å². The fourth-order valence-corrected chi connectivity index (χ4v) is 2.44. The molecule has 0 N–H and O–H groups in total. The molecule has 1 aromatic carbocycles. The van der Waals surface area contributed by atoms with E-state index in [1.165, 1.54) is 0 Å². The maximum absolute atomic E-state index is 12.3. The summed E-state index contributed by atoms with van der Waals surface area (Å²) in [6.45, 7) is 5.98. The van der Waals surface area contributed by atoms with Gasteiger partial charge in [-0.3, -0.25) is 4.79 Å². The first-order chi connectivity index (χ1) is 7.59. The fraction of sp³-hybridized carbons (Fsp3) is 0.214. The van der Waals surface area contributed by atoms with Crippen LogP contribution in [0.4, 0.5) is 0 Å². The molecule has 0 saturated heterocycles. The monoisotopic (exact) mass is 230 g/mol. The Balaban J connectivity index is 2.49. The van der Waals surface area contributed by atoms with Crippen LogP contribution in [-0.2, 0) is 0 Å². The summed E-state index contributed by atoms with van der Waals surface area (Å²) >= 11 is 1.62. The van der Waals surface area contributed by atoms with E-state index in [9.17, 15) is 4.79 Å². The van der Waals surface area contributed by atoms with Crippen molar-refractivity contribution in [2.75, 3.05) is 0 Å². The summed E-state index contributed by atoms with van der Waals surface area (Å²) in [6, 6.07) is 7.91. The second kappa shape index (κ2) is 4.22. The third kappa shape index (κ3) is 1.93. The van der Waals surface area contributed by atoms with E-state index in [4.69, 9.17) is 0 Å². The standard InChI is InChI=1S/C14H14OS/c1-9-4-5-10(2)13(8-9)14(15)12-6-7-16-11(12)3/h4-8H,1-3H3. The highest BCUT2D eigenvalue weighted by atomic mass is 32.1. The number of carbonyl (C=O) groups excluding carboxylic acids is 1. The molecular formula is C14H14OS. The van der Waals surface area contributed by atoms with Gasteiger partial charge in [-0.2, -0.15) is 0 Å². The first-order valence-corrected chi connectivity index (χ1v) is 6.13. The summed E-state index contributed by atoms with van der Waals surface area (Å²) in [4.78, 5) is 13.4. The third-order valence-electron chi connectivity index (χ3n) is 2.74. The maximum Gasteiger partial charge on any atom is 0.194 e. The van der Waals surface area contributed by atoms with E-state index in [0.29, 0.717) is 0 Å². The molecule has 0 saturated carbocycles. The number of aryl methyl sites for hydroxylation is 3. The highest BCUT2D eigenvalue weighted by Crippen LogP contribution is 2.21. The molecule has 1 nitrogen and oxygen atoms in total. The molecule has 1 aromatic heterocycles. The summed E-state index contributed by atoms with van der Waals surface area (Å²) in [5.74, 6) is 0.139. The van der Waals surface area contributed by atoms with Crippen LogP contribution in [0.2, 0.25) is 0 Å². The first kappa shape index (κ1) is 11.1. The lowest BCUT2D eigenvalue weighted by atomic mass is 9.98. The minimum atomic E-state index is 0.139. The van der Waals surface area contributed by atoms with Crippen molar-refractivity contribution in [3.8, 4) is 0 Å². The van der Waals surface area contributed by atoms with Crippen LogP contribution in [0.1, 0.15) is 31.9 Å². The van der Waals surface area contributed by atoms with Crippen molar-refractivity contribution in [2.45, 2.75) is 20.8 Å². The smallest absolute Gasteiger partial charge is 0.194 e. The molecule has 0 atom stereocenters. The van der Waals surface area contributed by atoms with Gasteiger partial charge < -0.3 is 0 Å². The number of rotatable bonds is 2. The SMILES string of the molecule is Cc1ccc(C)c(C(=O)c2ccsc2C)c1. The lowest BCUT2D eigenvalue weighted by Gasteiger charge is -2.05. The molecule has 16 heavy (non-hydrogen) atoms. The number of thiophene rings is 1. The number of ketones is 1. The Morgan fingerprint density at radius 1 is 1.06 bits per heavy atom. The first-order valence-electron chi connectivity index (χ1n) is 5.25. The van der Waals surface area contributed by atoms with Gasteiger partial charge in [0.2, 0.25) is 0 Å². The summed E-state index contributed by atoms with van der Waals surface area (Å²) < 4.78 is 0. The Labute approximate surface area is 99.8 Å². The van der Waals surface area contributed by atoms with E-state index in [-0.39, 0.29) is 5.78 Å². The van der Waals surface area contributed by atoms with Crippen molar-refractivity contribution >= 4 is 17.1 Å². The van der Waals surface area contributed by atoms with E-state index >= 15 is 0 Å². The molecule has 0 unspecified atom stereocenters. The van der Waals surface area contributed by atoms with Gasteiger partial charge in [-0.15, -0.1) is 11.3 Å². The lowest BCUT2D eigenvalue weighted by Crippen LogP contribution is -2.04. The quantitative estimate of drug-likeness (QED) is 0.715. The van der Waals surface area contributed by atoms with Crippen LogP contribution in [0.3, 0.4) is 0 Å². The van der Waals surface area contributed by atoms with Crippen LogP contribution >= 0.6 is 11.3 Å². The number of carbonyl (C=O) groups is 1. The Hall–Kier alpha value is -1.41. The van der Waals surface area contributed by atoms with Crippen LogP contribution in [-0.4, -0.2) is 5.78 Å². The molecule has 0 aliphatic heterocycles. The largest absolute Gasteiger partial charge is 0.289 e. The molecule has 0 radical (unpaired) electrons. The summed E-state index contributed by atoms with van der Waals surface area (Å²) in [5, 5.41) is 1.97. The summed E-state index contributed by atoms with van der Waals surface area (Å²) in [6.07, 6.45) is 0. The summed E-state index contributed by atoms with van der Waals surface area (Å²) in [5.41, 5.74) is 3.82. The topological polar surface area (TPSA) is 17.1 Å². The molecule has 0 spiro atoms. The van der Waals surface area contributed by atoms with E-state index in [2.05, 4.69) is 0 Å². The van der Waals surface area contributed by atoms with Gasteiger partial charge in [0.1, 0.15) is 0 Å². The van der Waals surface area contributed by atoms with Crippen LogP contribution in [0.15, 0.2) is 29.6 Å². The predicted molar refractivity (Wildman–Crippen MR) is 68.4 cm³/mol. The molecule has 0 amide bonds. The molecule has 2 rings (SSSR count). The highest BCUT2D eigenvalue weighted by molar-refractivity contribution is 7.10. The van der Waals surface area contributed by atoms with Gasteiger partial charge in [0.15, 0.2) is 5.78 Å². The Morgan fingerprint density at radius 2 is 1.81 bits per heavy atom. The average molecular weight is 230 g/mol. The van der Waals surface area contributed by atoms with E-state index in [1.807, 2.05) is 50.4 Å². The molecule has 0 aliphatic carbocycles. The minimum absolute atomic E-state index is 0.139. The fourth-order valence-electron chi connectivity index (χ4n) is 1.75. The van der Waals surface area contributed by atoms with Gasteiger partial charge >= 0.3 is 0 Å². The Morgan fingerprint density at radius 3 is 2.44 bits per heavy atom. The lowest BCUT2D eigenvalue weighted by molar-refractivity contribution is 0.103. The van der Waals surface area contributed by atoms with Gasteiger partial charge in [0.25, 0.3) is 0 Å². The van der Waals surface area contributed by atoms with Crippen LogP contribution in [0.25, 0.3) is 0 Å². The van der Waals surface area contributed by atoms with Gasteiger partial charge in [-0.25, -0.2) is 0 Å². The van der Waals surface area contributed by atoms with Crippen molar-refractivity contribution < 1.29 is 4.79 Å². The van der Waals surface area contributed by atoms with Gasteiger partial charge in [-0.1, -0.05) is 17.7 Å². The van der Waals surface area contributed by atoms with Crippen molar-refractivity contribution in [2.24, 2.45) is 0 Å². The second-order valence-corrected chi connectivity index (χ2v) is 5.16. The second-order valence-electron chi connectivity index (χ2n) is 4.04. The third-order valence-corrected chi connectivity index (χ3v) is 3.59. The molecule has 0 fully saturated rings.